The number of anilines is 2. The van der Waals surface area contributed by atoms with E-state index < -0.39 is 0 Å². The van der Waals surface area contributed by atoms with Gasteiger partial charge in [-0.05, 0) is 49.9 Å². The number of hydrogen-bond donors (Lipinski definition) is 2. The largest absolute Gasteiger partial charge is 0.359 e. The molecule has 2 N–H and O–H groups in total. The third-order valence-corrected chi connectivity index (χ3v) is 4.94. The van der Waals surface area contributed by atoms with Gasteiger partial charge in [-0.2, -0.15) is 0 Å². The summed E-state index contributed by atoms with van der Waals surface area (Å²) < 4.78 is 0. The Morgan fingerprint density at radius 2 is 1.77 bits per heavy atom. The highest BCUT2D eigenvalue weighted by Gasteiger charge is 2.27. The Hall–Kier alpha value is -2.82. The van der Waals surface area contributed by atoms with Crippen molar-refractivity contribution in [3.63, 3.8) is 0 Å². The predicted molar refractivity (Wildman–Crippen MR) is 105 cm³/mol. The molecule has 3 rings (SSSR count). The van der Waals surface area contributed by atoms with Crippen LogP contribution in [0.25, 0.3) is 0 Å². The first-order valence-corrected chi connectivity index (χ1v) is 8.95. The van der Waals surface area contributed by atoms with E-state index in [9.17, 15) is 9.59 Å². The summed E-state index contributed by atoms with van der Waals surface area (Å²) in [5.74, 6) is -0.358. The fourth-order valence-corrected chi connectivity index (χ4v) is 3.42. The highest BCUT2D eigenvalue weighted by atomic mass is 16.2. The second kappa shape index (κ2) is 7.60. The van der Waals surface area contributed by atoms with Gasteiger partial charge in [0, 0.05) is 17.9 Å². The third-order valence-electron chi connectivity index (χ3n) is 4.94. The molecule has 0 unspecified atom stereocenters. The van der Waals surface area contributed by atoms with Crippen molar-refractivity contribution in [2.45, 2.75) is 33.2 Å². The number of amides is 2. The monoisotopic (exact) mass is 351 g/mol. The Bertz CT molecular complexity index is 812. The minimum absolute atomic E-state index is 0.0353. The van der Waals surface area contributed by atoms with E-state index in [2.05, 4.69) is 21.6 Å². The van der Waals surface area contributed by atoms with Crippen molar-refractivity contribution in [1.29, 1.82) is 0 Å². The van der Waals surface area contributed by atoms with Crippen LogP contribution in [0.15, 0.2) is 42.5 Å². The third kappa shape index (κ3) is 3.72. The van der Waals surface area contributed by atoms with Crippen molar-refractivity contribution in [2.24, 2.45) is 0 Å². The van der Waals surface area contributed by atoms with Gasteiger partial charge >= 0.3 is 0 Å². The van der Waals surface area contributed by atoms with E-state index in [0.29, 0.717) is 0 Å². The van der Waals surface area contributed by atoms with E-state index >= 15 is 0 Å². The summed E-state index contributed by atoms with van der Waals surface area (Å²) in [5.41, 5.74) is 5.20. The second-order valence-electron chi connectivity index (χ2n) is 6.78. The van der Waals surface area contributed by atoms with Crippen molar-refractivity contribution in [2.75, 3.05) is 23.3 Å². The van der Waals surface area contributed by atoms with Crippen LogP contribution in [-0.4, -0.2) is 30.9 Å². The topological polar surface area (TPSA) is 61.4 Å². The minimum Gasteiger partial charge on any atom is -0.359 e. The van der Waals surface area contributed by atoms with E-state index in [1.165, 1.54) is 5.56 Å². The SMILES string of the molecule is Cc1cccc(C)c1NC(=O)CNC(=O)[C@H](C)N1CCc2ccccc21. The summed E-state index contributed by atoms with van der Waals surface area (Å²) in [4.78, 5) is 26.8. The van der Waals surface area contributed by atoms with Crippen molar-refractivity contribution < 1.29 is 9.59 Å². The van der Waals surface area contributed by atoms with Crippen LogP contribution in [-0.2, 0) is 16.0 Å². The van der Waals surface area contributed by atoms with Gasteiger partial charge in [0.1, 0.15) is 6.04 Å². The number of rotatable bonds is 5. The first-order chi connectivity index (χ1) is 12.5. The lowest BCUT2D eigenvalue weighted by Crippen LogP contribution is -2.46. The smallest absolute Gasteiger partial charge is 0.243 e. The van der Waals surface area contributed by atoms with Crippen molar-refractivity contribution in [3.8, 4) is 0 Å². The molecule has 0 aliphatic carbocycles. The first-order valence-electron chi connectivity index (χ1n) is 8.95. The molecule has 2 aromatic carbocycles. The van der Waals surface area contributed by atoms with Gasteiger partial charge in [-0.25, -0.2) is 0 Å². The average Bonchev–Trinajstić information content (AvgIpc) is 3.06. The maximum Gasteiger partial charge on any atom is 0.243 e. The molecule has 5 heteroatoms. The Balaban J connectivity index is 1.56. The fraction of sp³-hybridized carbons (Fsp3) is 0.333. The number of fused-ring (bicyclic) bond motifs is 1. The molecule has 0 bridgehead atoms. The van der Waals surface area contributed by atoms with Gasteiger partial charge in [0.25, 0.3) is 0 Å². The zero-order chi connectivity index (χ0) is 18.7. The summed E-state index contributed by atoms with van der Waals surface area (Å²) in [5, 5.41) is 5.65. The van der Waals surface area contributed by atoms with Crippen molar-refractivity contribution in [1.82, 2.24) is 5.32 Å². The van der Waals surface area contributed by atoms with Crippen LogP contribution in [0.5, 0.6) is 0 Å². The molecular formula is C21H25N3O2. The maximum absolute atomic E-state index is 12.5. The Kier molecular flexibility index (Phi) is 5.26. The molecule has 1 aliphatic heterocycles. The van der Waals surface area contributed by atoms with Crippen molar-refractivity contribution >= 4 is 23.2 Å². The fourth-order valence-electron chi connectivity index (χ4n) is 3.42. The molecule has 0 aromatic heterocycles. The molecule has 1 aliphatic rings. The highest BCUT2D eigenvalue weighted by Crippen LogP contribution is 2.29. The summed E-state index contributed by atoms with van der Waals surface area (Å²) in [7, 11) is 0. The summed E-state index contributed by atoms with van der Waals surface area (Å²) in [6, 6.07) is 13.7. The van der Waals surface area contributed by atoms with Crippen molar-refractivity contribution in [3.05, 3.63) is 59.2 Å². The van der Waals surface area contributed by atoms with Crippen LogP contribution in [0.4, 0.5) is 11.4 Å². The number of nitrogens with zero attached hydrogens (tertiary/aromatic N) is 1. The Morgan fingerprint density at radius 3 is 2.50 bits per heavy atom. The summed E-state index contributed by atoms with van der Waals surface area (Å²) >= 11 is 0. The first kappa shape index (κ1) is 18.0. The van der Waals surface area contributed by atoms with Crippen LogP contribution in [0, 0.1) is 13.8 Å². The van der Waals surface area contributed by atoms with Crippen LogP contribution >= 0.6 is 0 Å². The molecule has 1 heterocycles. The number of carbonyl (C=O) groups excluding carboxylic acids is 2. The molecule has 5 nitrogen and oxygen atoms in total. The second-order valence-corrected chi connectivity index (χ2v) is 6.78. The van der Waals surface area contributed by atoms with Crippen LogP contribution < -0.4 is 15.5 Å². The number of benzene rings is 2. The lowest BCUT2D eigenvalue weighted by atomic mass is 10.1. The van der Waals surface area contributed by atoms with Gasteiger partial charge in [-0.1, -0.05) is 36.4 Å². The molecular weight excluding hydrogens is 326 g/mol. The van der Waals surface area contributed by atoms with Crippen LogP contribution in [0.3, 0.4) is 0 Å². The quantitative estimate of drug-likeness (QED) is 0.871. The van der Waals surface area contributed by atoms with E-state index in [1.807, 2.05) is 57.2 Å². The average molecular weight is 351 g/mol. The van der Waals surface area contributed by atoms with E-state index in [0.717, 1.165) is 35.5 Å². The van der Waals surface area contributed by atoms with Gasteiger partial charge < -0.3 is 15.5 Å². The molecule has 0 saturated heterocycles. The maximum atomic E-state index is 12.5. The predicted octanol–water partition coefficient (Wildman–Crippen LogP) is 2.81. The molecule has 1 atom stereocenters. The minimum atomic E-state index is -0.313. The van der Waals surface area contributed by atoms with Gasteiger partial charge in [0.05, 0.1) is 6.54 Å². The van der Waals surface area contributed by atoms with Gasteiger partial charge in [-0.3, -0.25) is 9.59 Å². The van der Waals surface area contributed by atoms with Gasteiger partial charge in [-0.15, -0.1) is 0 Å². The number of nitrogens with one attached hydrogen (secondary N) is 2. The summed E-state index contributed by atoms with van der Waals surface area (Å²) in [6.07, 6.45) is 0.945. The van der Waals surface area contributed by atoms with Crippen LogP contribution in [0.1, 0.15) is 23.6 Å². The number of para-hydroxylation sites is 2. The van der Waals surface area contributed by atoms with Gasteiger partial charge in [0.2, 0.25) is 11.8 Å². The molecule has 0 radical (unpaired) electrons. The molecule has 0 spiro atoms. The molecule has 0 fully saturated rings. The molecule has 136 valence electrons. The normalized spacial score (nSPS) is 13.9. The van der Waals surface area contributed by atoms with E-state index in [4.69, 9.17) is 0 Å². The zero-order valence-corrected chi connectivity index (χ0v) is 15.5. The Labute approximate surface area is 154 Å². The van der Waals surface area contributed by atoms with E-state index in [1.54, 1.807) is 0 Å². The highest BCUT2D eigenvalue weighted by molar-refractivity contribution is 5.96. The molecule has 26 heavy (non-hydrogen) atoms. The summed E-state index contributed by atoms with van der Waals surface area (Å²) in [6.45, 7) is 6.57. The standard InChI is InChI=1S/C21H25N3O2/c1-14-7-6-8-15(2)20(14)23-19(25)13-22-21(26)16(3)24-12-11-17-9-4-5-10-18(17)24/h4-10,16H,11-13H2,1-3H3,(H,22,26)(H,23,25)/t16-/m0/s1. The number of hydrogen-bond acceptors (Lipinski definition) is 3. The molecule has 2 amide bonds. The number of aryl methyl sites for hydroxylation is 2. The number of carbonyl (C=O) groups is 2. The Morgan fingerprint density at radius 1 is 1.08 bits per heavy atom. The molecule has 2 aromatic rings. The zero-order valence-electron chi connectivity index (χ0n) is 15.5. The van der Waals surface area contributed by atoms with Crippen LogP contribution in [0.2, 0.25) is 0 Å². The van der Waals surface area contributed by atoms with E-state index in [-0.39, 0.29) is 24.4 Å². The lowest BCUT2D eigenvalue weighted by molar-refractivity contribution is -0.124. The van der Waals surface area contributed by atoms with Gasteiger partial charge in [0.15, 0.2) is 0 Å². The lowest BCUT2D eigenvalue weighted by Gasteiger charge is -2.26. The molecule has 0 saturated carbocycles.